The molecule has 4 rings (SSSR count). The number of nitrogens with zero attached hydrogens (tertiary/aromatic N) is 3. The van der Waals surface area contributed by atoms with Crippen LogP contribution in [0.3, 0.4) is 0 Å². The van der Waals surface area contributed by atoms with E-state index in [4.69, 9.17) is 15.0 Å². The van der Waals surface area contributed by atoms with Gasteiger partial charge in [0.25, 0.3) is 0 Å². The maximum Gasteiger partial charge on any atom is 0.164 e. The van der Waals surface area contributed by atoms with Crippen LogP contribution in [0.4, 0.5) is 0 Å². The van der Waals surface area contributed by atoms with Crippen LogP contribution in [0.5, 0.6) is 0 Å². The molecule has 4 heteroatoms. The van der Waals surface area contributed by atoms with E-state index < -0.39 is 0 Å². The molecule has 0 N–H and O–H groups in total. The van der Waals surface area contributed by atoms with Crippen molar-refractivity contribution in [2.24, 2.45) is 10.8 Å². The van der Waals surface area contributed by atoms with Crippen molar-refractivity contribution >= 4 is 12.7 Å². The summed E-state index contributed by atoms with van der Waals surface area (Å²) < 4.78 is 0. The predicted octanol–water partition coefficient (Wildman–Crippen LogP) is 6.69. The second kappa shape index (κ2) is 9.31. The molecule has 165 valence electrons. The first-order valence-electron chi connectivity index (χ1n) is 11.5. The van der Waals surface area contributed by atoms with Crippen molar-refractivity contribution in [2.45, 2.75) is 40.9 Å². The second-order valence-electron chi connectivity index (χ2n) is 10.2. The first-order valence-corrected chi connectivity index (χ1v) is 11.5. The first kappa shape index (κ1) is 22.9. The smallest absolute Gasteiger partial charge is 0.164 e. The highest BCUT2D eigenvalue weighted by Crippen LogP contribution is 2.40. The molecule has 1 radical (unpaired) electrons. The highest BCUT2D eigenvalue weighted by molar-refractivity contribution is 6.53. The van der Waals surface area contributed by atoms with Gasteiger partial charge in [0, 0.05) is 16.7 Å². The Labute approximate surface area is 198 Å². The van der Waals surface area contributed by atoms with E-state index >= 15 is 0 Å². The summed E-state index contributed by atoms with van der Waals surface area (Å²) in [7, 11) is 2.33. The van der Waals surface area contributed by atoms with Gasteiger partial charge in [-0.05, 0) is 10.8 Å². The predicted molar refractivity (Wildman–Crippen MR) is 140 cm³/mol. The molecule has 0 atom stereocenters. The van der Waals surface area contributed by atoms with Crippen molar-refractivity contribution in [1.29, 1.82) is 0 Å². The monoisotopic (exact) mass is 432 g/mol. The normalized spacial score (nSPS) is 11.9. The molecule has 4 aromatic rings. The van der Waals surface area contributed by atoms with Crippen LogP contribution in [-0.4, -0.2) is 22.2 Å². The van der Waals surface area contributed by atoms with E-state index in [2.05, 4.69) is 66.2 Å². The molecule has 0 saturated heterocycles. The number of rotatable bonds is 6. The fraction of sp³-hybridized carbons (Fsp3) is 0.276. The van der Waals surface area contributed by atoms with Gasteiger partial charge in [-0.15, -0.1) is 0 Å². The zero-order valence-corrected chi connectivity index (χ0v) is 20.2. The van der Waals surface area contributed by atoms with E-state index in [1.807, 2.05) is 60.7 Å². The second-order valence-corrected chi connectivity index (χ2v) is 10.2. The zero-order chi connectivity index (χ0) is 23.5. The molecule has 0 saturated carbocycles. The van der Waals surface area contributed by atoms with Crippen molar-refractivity contribution in [1.82, 2.24) is 15.0 Å². The van der Waals surface area contributed by atoms with Gasteiger partial charge in [0.05, 0.1) is 0 Å². The lowest BCUT2D eigenvalue weighted by Crippen LogP contribution is -2.33. The molecule has 3 nitrogen and oxygen atoms in total. The molecule has 1 heterocycles. The standard InChI is InChI=1S/C29H31BN3/c1-28(2,3)29(4,5)20-30-24-18-12-17-23(19-24)27-32-25(21-13-8-6-9-14-21)31-26(33-27)22-15-10-7-11-16-22/h6-19H,20H2,1-5H3. The summed E-state index contributed by atoms with van der Waals surface area (Å²) in [5, 5.41) is 0. The van der Waals surface area contributed by atoms with E-state index in [9.17, 15) is 0 Å². The van der Waals surface area contributed by atoms with E-state index in [0.29, 0.717) is 17.5 Å². The minimum Gasteiger partial charge on any atom is -0.208 e. The van der Waals surface area contributed by atoms with Crippen molar-refractivity contribution in [2.75, 3.05) is 0 Å². The van der Waals surface area contributed by atoms with Gasteiger partial charge in [0.1, 0.15) is 0 Å². The van der Waals surface area contributed by atoms with Crippen molar-refractivity contribution in [3.8, 4) is 34.2 Å². The van der Waals surface area contributed by atoms with Crippen LogP contribution < -0.4 is 5.46 Å². The lowest BCUT2D eigenvalue weighted by atomic mass is 9.53. The van der Waals surface area contributed by atoms with Crippen molar-refractivity contribution in [3.63, 3.8) is 0 Å². The fourth-order valence-electron chi connectivity index (χ4n) is 3.42. The summed E-state index contributed by atoms with van der Waals surface area (Å²) in [5.41, 5.74) is 4.56. The molecule has 0 unspecified atom stereocenters. The number of benzene rings is 3. The summed E-state index contributed by atoms with van der Waals surface area (Å²) in [6, 6.07) is 28.7. The van der Waals surface area contributed by atoms with Gasteiger partial charge >= 0.3 is 0 Å². The highest BCUT2D eigenvalue weighted by Gasteiger charge is 2.32. The Balaban J connectivity index is 1.72. The van der Waals surface area contributed by atoms with Crippen LogP contribution in [0, 0.1) is 10.8 Å². The topological polar surface area (TPSA) is 38.7 Å². The first-order chi connectivity index (χ1) is 15.7. The highest BCUT2D eigenvalue weighted by atomic mass is 15.0. The van der Waals surface area contributed by atoms with Gasteiger partial charge in [-0.3, -0.25) is 0 Å². The average Bonchev–Trinajstić information content (AvgIpc) is 2.83. The minimum absolute atomic E-state index is 0.192. The van der Waals surface area contributed by atoms with Gasteiger partial charge in [0.2, 0.25) is 0 Å². The van der Waals surface area contributed by atoms with Gasteiger partial charge in [-0.25, -0.2) is 15.0 Å². The van der Waals surface area contributed by atoms with E-state index in [1.165, 1.54) is 5.46 Å². The molecule has 1 aromatic heterocycles. The SMILES string of the molecule is CC(C)(C)C(C)(C)C[B]c1cccc(-c2nc(-c3ccccc3)nc(-c3ccccc3)n2)c1. The van der Waals surface area contributed by atoms with E-state index in [1.54, 1.807) is 0 Å². The van der Waals surface area contributed by atoms with Gasteiger partial charge in [0.15, 0.2) is 24.8 Å². The van der Waals surface area contributed by atoms with Crippen LogP contribution in [0.15, 0.2) is 84.9 Å². The maximum absolute atomic E-state index is 4.85. The average molecular weight is 432 g/mol. The van der Waals surface area contributed by atoms with Crippen LogP contribution in [-0.2, 0) is 0 Å². The van der Waals surface area contributed by atoms with Crippen LogP contribution in [0.25, 0.3) is 34.2 Å². The Morgan fingerprint density at radius 2 is 1.03 bits per heavy atom. The lowest BCUT2D eigenvalue weighted by Gasteiger charge is -2.39. The Hall–Kier alpha value is -3.27. The molecule has 0 bridgehead atoms. The van der Waals surface area contributed by atoms with E-state index in [-0.39, 0.29) is 10.8 Å². The number of aromatic nitrogens is 3. The third kappa shape index (κ3) is 5.39. The fourth-order valence-corrected chi connectivity index (χ4v) is 3.42. The Morgan fingerprint density at radius 1 is 0.576 bits per heavy atom. The molecule has 3 aromatic carbocycles. The Kier molecular flexibility index (Phi) is 6.46. The maximum atomic E-state index is 4.85. The largest absolute Gasteiger partial charge is 0.208 e. The summed E-state index contributed by atoms with van der Waals surface area (Å²) in [4.78, 5) is 14.5. The molecule has 0 aliphatic heterocycles. The lowest BCUT2D eigenvalue weighted by molar-refractivity contribution is 0.157. The third-order valence-corrected chi connectivity index (χ3v) is 6.72. The Bertz CT molecular complexity index is 1150. The summed E-state index contributed by atoms with van der Waals surface area (Å²) in [6.07, 6.45) is 1.00. The van der Waals surface area contributed by atoms with Gasteiger partial charge in [-0.2, -0.15) is 0 Å². The molecule has 0 spiro atoms. The summed E-state index contributed by atoms with van der Waals surface area (Å²) >= 11 is 0. The molecular formula is C29H31BN3. The summed E-state index contributed by atoms with van der Waals surface area (Å²) in [6.45, 7) is 11.6. The van der Waals surface area contributed by atoms with Crippen LogP contribution in [0.1, 0.15) is 34.6 Å². The van der Waals surface area contributed by atoms with E-state index in [0.717, 1.165) is 23.0 Å². The number of hydrogen-bond donors (Lipinski definition) is 0. The van der Waals surface area contributed by atoms with Crippen LogP contribution >= 0.6 is 0 Å². The van der Waals surface area contributed by atoms with Gasteiger partial charge < -0.3 is 0 Å². The minimum atomic E-state index is 0.192. The molecule has 0 aliphatic carbocycles. The summed E-state index contributed by atoms with van der Waals surface area (Å²) in [5.74, 6) is 2.05. The zero-order valence-electron chi connectivity index (χ0n) is 20.2. The molecular weight excluding hydrogens is 401 g/mol. The third-order valence-electron chi connectivity index (χ3n) is 6.72. The quantitative estimate of drug-likeness (QED) is 0.319. The molecule has 0 aliphatic rings. The molecule has 0 amide bonds. The Morgan fingerprint density at radius 3 is 1.52 bits per heavy atom. The van der Waals surface area contributed by atoms with Crippen LogP contribution in [0.2, 0.25) is 6.32 Å². The molecule has 33 heavy (non-hydrogen) atoms. The number of hydrogen-bond acceptors (Lipinski definition) is 3. The van der Waals surface area contributed by atoms with Crippen molar-refractivity contribution < 1.29 is 0 Å². The molecule has 0 fully saturated rings. The van der Waals surface area contributed by atoms with Crippen molar-refractivity contribution in [3.05, 3.63) is 84.9 Å². The van der Waals surface area contributed by atoms with Gasteiger partial charge in [-0.1, -0.05) is 131 Å².